The molecule has 0 saturated heterocycles. The largest absolute Gasteiger partial charge is 0.460 e. The van der Waals surface area contributed by atoms with E-state index in [4.69, 9.17) is 16.0 Å². The first-order valence-electron chi connectivity index (χ1n) is 7.51. The summed E-state index contributed by atoms with van der Waals surface area (Å²) < 4.78 is 18.7. The molecule has 0 aliphatic heterocycles. The Bertz CT molecular complexity index is 767. The maximum atomic E-state index is 12.8. The Kier molecular flexibility index (Phi) is 5.11. The van der Waals surface area contributed by atoms with Crippen molar-refractivity contribution in [2.24, 2.45) is 0 Å². The molecule has 3 aromatic rings. The Morgan fingerprint density at radius 2 is 1.74 bits per heavy atom. The van der Waals surface area contributed by atoms with Gasteiger partial charge in [0.2, 0.25) is 0 Å². The van der Waals surface area contributed by atoms with Crippen LogP contribution in [0.2, 0.25) is 5.02 Å². The smallest absolute Gasteiger partial charge is 0.135 e. The number of furan rings is 1. The molecule has 0 fully saturated rings. The SMILES string of the molecule is Fc1ccc(CCNCc2ccc(-c3ccccc3Cl)o2)cc1. The van der Waals surface area contributed by atoms with Crippen LogP contribution in [-0.2, 0) is 13.0 Å². The summed E-state index contributed by atoms with van der Waals surface area (Å²) >= 11 is 6.17. The topological polar surface area (TPSA) is 25.2 Å². The summed E-state index contributed by atoms with van der Waals surface area (Å²) in [6.07, 6.45) is 0.846. The molecule has 0 saturated carbocycles. The van der Waals surface area contributed by atoms with Crippen molar-refractivity contribution in [3.8, 4) is 11.3 Å². The molecular weight excluding hydrogens is 313 g/mol. The standard InChI is InChI=1S/C19H17ClFNO/c20-18-4-2-1-3-17(18)19-10-9-16(23-19)13-22-12-11-14-5-7-15(21)8-6-14/h1-10,22H,11-13H2. The highest BCUT2D eigenvalue weighted by molar-refractivity contribution is 6.33. The molecule has 118 valence electrons. The van der Waals surface area contributed by atoms with Crippen LogP contribution in [0.4, 0.5) is 4.39 Å². The summed E-state index contributed by atoms with van der Waals surface area (Å²) in [5, 5.41) is 4.00. The van der Waals surface area contributed by atoms with Gasteiger partial charge in [-0.1, -0.05) is 35.9 Å². The van der Waals surface area contributed by atoms with E-state index in [2.05, 4.69) is 5.32 Å². The predicted octanol–water partition coefficient (Wildman–Crippen LogP) is 5.07. The summed E-state index contributed by atoms with van der Waals surface area (Å²) in [5.41, 5.74) is 2.00. The van der Waals surface area contributed by atoms with Crippen molar-refractivity contribution in [1.29, 1.82) is 0 Å². The van der Waals surface area contributed by atoms with E-state index in [0.29, 0.717) is 11.6 Å². The Hall–Kier alpha value is -2.10. The van der Waals surface area contributed by atoms with E-state index < -0.39 is 0 Å². The third-order valence-corrected chi connectivity index (χ3v) is 3.93. The van der Waals surface area contributed by atoms with E-state index in [0.717, 1.165) is 35.6 Å². The maximum absolute atomic E-state index is 12.8. The van der Waals surface area contributed by atoms with Crippen molar-refractivity contribution >= 4 is 11.6 Å². The minimum Gasteiger partial charge on any atom is -0.460 e. The fourth-order valence-corrected chi connectivity index (χ4v) is 2.60. The fourth-order valence-electron chi connectivity index (χ4n) is 2.37. The van der Waals surface area contributed by atoms with Crippen LogP contribution in [0, 0.1) is 5.82 Å². The lowest BCUT2D eigenvalue weighted by Crippen LogP contribution is -2.16. The Morgan fingerprint density at radius 3 is 2.52 bits per heavy atom. The van der Waals surface area contributed by atoms with Gasteiger partial charge in [0.1, 0.15) is 17.3 Å². The van der Waals surface area contributed by atoms with Gasteiger partial charge in [-0.3, -0.25) is 0 Å². The molecule has 0 aliphatic carbocycles. The zero-order valence-electron chi connectivity index (χ0n) is 12.6. The van der Waals surface area contributed by atoms with Gasteiger partial charge in [0.25, 0.3) is 0 Å². The minimum atomic E-state index is -0.204. The first-order valence-corrected chi connectivity index (χ1v) is 7.89. The normalized spacial score (nSPS) is 10.9. The predicted molar refractivity (Wildman–Crippen MR) is 91.0 cm³/mol. The highest BCUT2D eigenvalue weighted by Gasteiger charge is 2.07. The molecule has 2 nitrogen and oxygen atoms in total. The molecule has 0 bridgehead atoms. The van der Waals surface area contributed by atoms with Gasteiger partial charge < -0.3 is 9.73 Å². The van der Waals surface area contributed by atoms with Gasteiger partial charge in [-0.15, -0.1) is 0 Å². The van der Waals surface area contributed by atoms with Gasteiger partial charge in [0, 0.05) is 5.56 Å². The van der Waals surface area contributed by atoms with Crippen molar-refractivity contribution in [2.45, 2.75) is 13.0 Å². The zero-order valence-corrected chi connectivity index (χ0v) is 13.3. The summed E-state index contributed by atoms with van der Waals surface area (Å²) in [6, 6.07) is 18.1. The van der Waals surface area contributed by atoms with Crippen LogP contribution < -0.4 is 5.32 Å². The molecule has 0 aliphatic rings. The molecule has 23 heavy (non-hydrogen) atoms. The van der Waals surface area contributed by atoms with Crippen molar-refractivity contribution in [2.75, 3.05) is 6.54 Å². The van der Waals surface area contributed by atoms with Crippen LogP contribution in [0.15, 0.2) is 65.1 Å². The van der Waals surface area contributed by atoms with E-state index in [1.54, 1.807) is 12.1 Å². The van der Waals surface area contributed by atoms with E-state index in [9.17, 15) is 4.39 Å². The summed E-state index contributed by atoms with van der Waals surface area (Å²) in [5.74, 6) is 1.43. The van der Waals surface area contributed by atoms with E-state index >= 15 is 0 Å². The monoisotopic (exact) mass is 329 g/mol. The molecule has 0 spiro atoms. The van der Waals surface area contributed by atoms with Gasteiger partial charge in [0.15, 0.2) is 0 Å². The zero-order chi connectivity index (χ0) is 16.1. The van der Waals surface area contributed by atoms with Crippen molar-refractivity contribution < 1.29 is 8.81 Å². The first kappa shape index (κ1) is 15.8. The Morgan fingerprint density at radius 1 is 0.957 bits per heavy atom. The third kappa shape index (κ3) is 4.21. The minimum absolute atomic E-state index is 0.204. The van der Waals surface area contributed by atoms with Crippen molar-refractivity contribution in [3.05, 3.63) is 82.8 Å². The van der Waals surface area contributed by atoms with Crippen LogP contribution in [0.1, 0.15) is 11.3 Å². The average Bonchev–Trinajstić information content (AvgIpc) is 3.02. The molecule has 0 unspecified atom stereocenters. The summed E-state index contributed by atoms with van der Waals surface area (Å²) in [6.45, 7) is 1.44. The van der Waals surface area contributed by atoms with E-state index in [1.165, 1.54) is 12.1 Å². The highest BCUT2D eigenvalue weighted by atomic mass is 35.5. The van der Waals surface area contributed by atoms with Crippen LogP contribution in [0.25, 0.3) is 11.3 Å². The number of benzene rings is 2. The van der Waals surface area contributed by atoms with Crippen LogP contribution in [0.5, 0.6) is 0 Å². The molecule has 1 aromatic heterocycles. The third-order valence-electron chi connectivity index (χ3n) is 3.60. The number of halogens is 2. The average molecular weight is 330 g/mol. The molecule has 0 atom stereocenters. The maximum Gasteiger partial charge on any atom is 0.135 e. The molecule has 2 aromatic carbocycles. The molecule has 3 rings (SSSR count). The lowest BCUT2D eigenvalue weighted by molar-refractivity contribution is 0.495. The number of rotatable bonds is 6. The lowest BCUT2D eigenvalue weighted by atomic mass is 10.1. The second kappa shape index (κ2) is 7.44. The Balaban J connectivity index is 1.52. The summed E-state index contributed by atoms with van der Waals surface area (Å²) in [4.78, 5) is 0. The van der Waals surface area contributed by atoms with Gasteiger partial charge in [0.05, 0.1) is 11.6 Å². The van der Waals surface area contributed by atoms with Crippen LogP contribution in [-0.4, -0.2) is 6.54 Å². The molecule has 4 heteroatoms. The quantitative estimate of drug-likeness (QED) is 0.639. The van der Waals surface area contributed by atoms with E-state index in [1.807, 2.05) is 36.4 Å². The number of nitrogens with one attached hydrogen (secondary N) is 1. The molecule has 0 amide bonds. The first-order chi connectivity index (χ1) is 11.2. The highest BCUT2D eigenvalue weighted by Crippen LogP contribution is 2.28. The van der Waals surface area contributed by atoms with Gasteiger partial charge >= 0.3 is 0 Å². The Labute approximate surface area is 139 Å². The van der Waals surface area contributed by atoms with Gasteiger partial charge in [-0.25, -0.2) is 4.39 Å². The molecule has 1 N–H and O–H groups in total. The molecule has 0 radical (unpaired) electrons. The second-order valence-corrected chi connectivity index (χ2v) is 5.71. The second-order valence-electron chi connectivity index (χ2n) is 5.30. The lowest BCUT2D eigenvalue weighted by Gasteiger charge is -2.04. The van der Waals surface area contributed by atoms with Gasteiger partial charge in [-0.05, 0) is 54.9 Å². The molecule has 1 heterocycles. The molecular formula is C19H17ClFNO. The number of hydrogen-bond donors (Lipinski definition) is 1. The van der Waals surface area contributed by atoms with E-state index in [-0.39, 0.29) is 5.82 Å². The van der Waals surface area contributed by atoms with Crippen LogP contribution >= 0.6 is 11.6 Å². The fraction of sp³-hybridized carbons (Fsp3) is 0.158. The summed E-state index contributed by atoms with van der Waals surface area (Å²) in [7, 11) is 0. The van der Waals surface area contributed by atoms with Gasteiger partial charge in [-0.2, -0.15) is 0 Å². The van der Waals surface area contributed by atoms with Crippen molar-refractivity contribution in [1.82, 2.24) is 5.32 Å². The van der Waals surface area contributed by atoms with Crippen LogP contribution in [0.3, 0.4) is 0 Å². The number of hydrogen-bond acceptors (Lipinski definition) is 2. The van der Waals surface area contributed by atoms with Crippen molar-refractivity contribution in [3.63, 3.8) is 0 Å².